The molecule has 3 amide bonds. The molecule has 440 valence electrons. The fraction of sp³-hybridized carbons (Fsp3) is 0.383. The number of urea groups is 1. The molecule has 5 atom stereocenters. The molecule has 0 aliphatic heterocycles. The molecule has 35 heteroatoms. The number of aromatic nitrogens is 5. The second kappa shape index (κ2) is 21.5. The number of aliphatic carboxylic acids is 2. The average molecular weight is 1230 g/mol. The fourth-order valence-electron chi connectivity index (χ4n) is 8.91. The van der Waals surface area contributed by atoms with E-state index in [2.05, 4.69) is 32.3 Å². The highest BCUT2D eigenvalue weighted by molar-refractivity contribution is 7.93. The first-order valence-corrected chi connectivity index (χ1v) is 27.2. The predicted octanol–water partition coefficient (Wildman–Crippen LogP) is 4.16. The Hall–Kier alpha value is -7.74. The summed E-state index contributed by atoms with van der Waals surface area (Å²) in [7, 11) is -9.43. The molecule has 5 aromatic rings. The van der Waals surface area contributed by atoms with Crippen molar-refractivity contribution in [3.63, 3.8) is 0 Å². The van der Waals surface area contributed by atoms with E-state index in [0.717, 1.165) is 44.4 Å². The summed E-state index contributed by atoms with van der Waals surface area (Å²) in [6.45, 7) is -1.37. The van der Waals surface area contributed by atoms with Crippen LogP contribution in [-0.2, 0) is 75.4 Å². The lowest BCUT2D eigenvalue weighted by molar-refractivity contribution is -0.158. The lowest BCUT2D eigenvalue weighted by Crippen LogP contribution is -2.60. The zero-order valence-corrected chi connectivity index (χ0v) is 44.3. The van der Waals surface area contributed by atoms with Crippen molar-refractivity contribution >= 4 is 83.6 Å². The molecule has 0 radical (unpaired) electrons. The number of aliphatic hydroxyl groups excluding tert-OH is 2. The monoisotopic (exact) mass is 1230 g/mol. The number of carboxylic acid groups (broad SMARTS) is 2. The first-order valence-electron chi connectivity index (χ1n) is 23.1. The van der Waals surface area contributed by atoms with Gasteiger partial charge in [0.05, 0.1) is 40.0 Å². The van der Waals surface area contributed by atoms with E-state index < -0.39 is 211 Å². The fourth-order valence-corrected chi connectivity index (χ4v) is 10.2. The molecule has 2 unspecified atom stereocenters. The Kier molecular flexibility index (Phi) is 16.3. The Labute approximate surface area is 459 Å². The standard InChI is InChI=1S/C47H39ClF10N8O14S2/c1-44(2,81(3,77)78)10-9-21-5-6-22(31(59-21)27(13-18-11-19(49)14-20(50)12-18)60-28(67)16-64-39-29(38(62-64)47(56,57)58)24-15-25(24)46(39,54)55)23-7-8-26(48)30-33(23)65(17-45(51,52)53)63-40(30)66(82(4,79)80)43(76)61-32(34(68)36(70)41(72)73)35(69)37(71)42(74)75/h5-8,11-12,14,24-25,27,32,34-35,68-69H,13,15-17H2,1-4H3,(H,60,67)(H,61,76)(H,72,73)(H,74,75)/t24-,25+,27-,32?,34?,35?/m0/s1. The SMILES string of the molecule is CC(C)(C#Cc1ccc(-c2ccc(Cl)c3c(N(C(=O)NC(C(O)C(=O)C(=O)O)C(O)C(=O)C(=O)O)S(C)(=O)=O)nn(CC(F)(F)F)c23)c([C@H](Cc2cc(F)cc(F)c2)NC(=O)Cn2nc(C(F)(F)F)c3c2C(F)(F)[C@@H]2C[C@H]32)n1)S(C)(=O)=O. The van der Waals surface area contributed by atoms with Gasteiger partial charge in [-0.25, -0.2) is 45.0 Å². The van der Waals surface area contributed by atoms with Gasteiger partial charge in [0, 0.05) is 34.9 Å². The number of amides is 3. The number of hydrogen-bond donors (Lipinski definition) is 6. The molecule has 1 saturated carbocycles. The molecule has 1 fully saturated rings. The third-order valence-corrected chi connectivity index (χ3v) is 16.2. The minimum absolute atomic E-state index is 0.0245. The number of sulfone groups is 1. The summed E-state index contributed by atoms with van der Waals surface area (Å²) >= 11 is 6.57. The average Bonchev–Trinajstić information content (AvgIpc) is 3.92. The molecule has 2 aromatic carbocycles. The van der Waals surface area contributed by atoms with Gasteiger partial charge >= 0.3 is 30.3 Å². The number of pyridine rings is 1. The van der Waals surface area contributed by atoms with E-state index in [0.29, 0.717) is 18.2 Å². The van der Waals surface area contributed by atoms with Crippen LogP contribution >= 0.6 is 11.6 Å². The number of Topliss-reactive ketones (excluding diaryl/α,β-unsaturated/α-hetero) is 2. The third kappa shape index (κ3) is 12.4. The Morgan fingerprint density at radius 3 is 1.95 bits per heavy atom. The van der Waals surface area contributed by atoms with Gasteiger partial charge in [-0.2, -0.15) is 49.6 Å². The van der Waals surface area contributed by atoms with Gasteiger partial charge in [-0.05, 0) is 74.4 Å². The number of rotatable bonds is 18. The molecule has 0 spiro atoms. The summed E-state index contributed by atoms with van der Waals surface area (Å²) in [5.41, 5.74) is -7.41. The van der Waals surface area contributed by atoms with Crippen molar-refractivity contribution in [2.45, 2.75) is 93.0 Å². The molecule has 0 saturated heterocycles. The zero-order chi connectivity index (χ0) is 61.5. The van der Waals surface area contributed by atoms with Gasteiger partial charge < -0.3 is 31.1 Å². The number of aliphatic hydroxyl groups is 2. The Bertz CT molecular complexity index is 3790. The smallest absolute Gasteiger partial charge is 0.435 e. The summed E-state index contributed by atoms with van der Waals surface area (Å²) in [6, 6.07) is -1.82. The van der Waals surface area contributed by atoms with Crippen molar-refractivity contribution in [1.29, 1.82) is 0 Å². The van der Waals surface area contributed by atoms with E-state index in [9.17, 15) is 101 Å². The number of nitrogens with one attached hydrogen (secondary N) is 2. The van der Waals surface area contributed by atoms with E-state index in [4.69, 9.17) is 11.6 Å². The highest BCUT2D eigenvalue weighted by Gasteiger charge is 2.68. The topological polar surface area (TPSA) is 327 Å². The largest absolute Gasteiger partial charge is 0.475 e. The second-order valence-electron chi connectivity index (χ2n) is 19.2. The van der Waals surface area contributed by atoms with Crippen molar-refractivity contribution in [2.24, 2.45) is 5.92 Å². The number of ketones is 2. The van der Waals surface area contributed by atoms with Gasteiger partial charge in [-0.15, -0.1) is 0 Å². The number of carbonyl (C=O) groups is 6. The van der Waals surface area contributed by atoms with E-state index in [1.807, 2.05) is 0 Å². The van der Waals surface area contributed by atoms with Crippen molar-refractivity contribution in [1.82, 2.24) is 35.2 Å². The van der Waals surface area contributed by atoms with Crippen LogP contribution < -0.4 is 14.9 Å². The molecule has 82 heavy (non-hydrogen) atoms. The van der Waals surface area contributed by atoms with Crippen LogP contribution in [0.3, 0.4) is 0 Å². The van der Waals surface area contributed by atoms with Crippen LogP contribution in [0.15, 0.2) is 42.5 Å². The van der Waals surface area contributed by atoms with Crippen LogP contribution in [0.25, 0.3) is 22.0 Å². The van der Waals surface area contributed by atoms with Crippen molar-refractivity contribution in [3.05, 3.63) is 93.0 Å². The molecule has 7 rings (SSSR count). The Morgan fingerprint density at radius 1 is 0.854 bits per heavy atom. The summed E-state index contributed by atoms with van der Waals surface area (Å²) in [5, 5.41) is 48.5. The lowest BCUT2D eigenvalue weighted by Gasteiger charge is -2.28. The van der Waals surface area contributed by atoms with Gasteiger partial charge in [0.2, 0.25) is 15.9 Å². The molecular weight excluding hydrogens is 1190 g/mol. The molecule has 22 nitrogen and oxygen atoms in total. The Balaban J connectivity index is 1.49. The van der Waals surface area contributed by atoms with Crippen molar-refractivity contribution in [3.8, 4) is 23.0 Å². The van der Waals surface area contributed by atoms with E-state index in [1.165, 1.54) is 5.32 Å². The number of benzene rings is 2. The van der Waals surface area contributed by atoms with Crippen molar-refractivity contribution in [2.75, 3.05) is 16.8 Å². The quantitative estimate of drug-likeness (QED) is 0.0407. The molecule has 0 bridgehead atoms. The van der Waals surface area contributed by atoms with Crippen LogP contribution in [0.2, 0.25) is 5.02 Å². The van der Waals surface area contributed by atoms with Crippen LogP contribution in [0.5, 0.6) is 0 Å². The van der Waals surface area contributed by atoms with E-state index >= 15 is 8.78 Å². The first kappa shape index (κ1) is 61.9. The zero-order valence-electron chi connectivity index (χ0n) is 41.9. The van der Waals surface area contributed by atoms with Gasteiger partial charge in [-0.1, -0.05) is 23.6 Å². The number of halogens is 11. The number of alkyl halides is 8. The maximum Gasteiger partial charge on any atom is 0.435 e. The number of anilines is 1. The Morgan fingerprint density at radius 2 is 1.43 bits per heavy atom. The first-order chi connectivity index (χ1) is 37.5. The number of sulfonamides is 1. The molecule has 2 aliphatic carbocycles. The summed E-state index contributed by atoms with van der Waals surface area (Å²) in [4.78, 5) is 80.4. The number of nitrogens with zero attached hydrogens (tertiary/aromatic N) is 6. The number of carbonyl (C=O) groups excluding carboxylic acids is 4. The van der Waals surface area contributed by atoms with E-state index in [-0.39, 0.29) is 27.6 Å². The molecule has 6 N–H and O–H groups in total. The molecular formula is C47H39ClF10N8O14S2. The highest BCUT2D eigenvalue weighted by Crippen LogP contribution is 2.68. The molecule has 2 aliphatic rings. The second-order valence-corrected chi connectivity index (χ2v) is 24.1. The number of carboxylic acids is 2. The van der Waals surface area contributed by atoms with Gasteiger partial charge in [0.25, 0.3) is 17.5 Å². The van der Waals surface area contributed by atoms with Gasteiger partial charge in [0.1, 0.15) is 53.1 Å². The highest BCUT2D eigenvalue weighted by atomic mass is 35.5. The lowest BCUT2D eigenvalue weighted by atomic mass is 9.93. The summed E-state index contributed by atoms with van der Waals surface area (Å²) in [6.07, 6.45) is -17.4. The predicted molar refractivity (Wildman–Crippen MR) is 260 cm³/mol. The van der Waals surface area contributed by atoms with Gasteiger partial charge in [-0.3, -0.25) is 23.7 Å². The number of hydrogen-bond acceptors (Lipinski definition) is 15. The molecule has 3 aromatic heterocycles. The number of fused-ring (bicyclic) bond motifs is 4. The summed E-state index contributed by atoms with van der Waals surface area (Å²) in [5.74, 6) is -17.0. The van der Waals surface area contributed by atoms with Crippen LogP contribution in [0, 0.1) is 29.4 Å². The van der Waals surface area contributed by atoms with Gasteiger partial charge in [0.15, 0.2) is 21.3 Å². The van der Waals surface area contributed by atoms with Crippen LogP contribution in [0.1, 0.15) is 66.1 Å². The maximum absolute atomic E-state index is 15.7. The van der Waals surface area contributed by atoms with Crippen LogP contribution in [-0.4, -0.2) is 139 Å². The minimum atomic E-state index is -5.42. The third-order valence-electron chi connectivity index (χ3n) is 12.9. The maximum atomic E-state index is 15.7. The summed E-state index contributed by atoms with van der Waals surface area (Å²) < 4.78 is 198. The minimum Gasteiger partial charge on any atom is -0.475 e. The van der Waals surface area contributed by atoms with Crippen molar-refractivity contribution < 1.29 is 110 Å². The molecule has 3 heterocycles. The normalized spacial score (nSPS) is 17.3. The van der Waals surface area contributed by atoms with Crippen LogP contribution in [0.4, 0.5) is 54.5 Å². The van der Waals surface area contributed by atoms with E-state index in [1.54, 1.807) is 0 Å².